The maximum Gasteiger partial charge on any atom is 0.261 e. The molecule has 1 saturated heterocycles. The van der Waals surface area contributed by atoms with Crippen LogP contribution >= 0.6 is 11.3 Å². The third-order valence-corrected chi connectivity index (χ3v) is 5.15. The second-order valence-corrected chi connectivity index (χ2v) is 6.83. The third kappa shape index (κ3) is 3.61. The molecule has 0 radical (unpaired) electrons. The number of rotatable bonds is 5. The van der Waals surface area contributed by atoms with E-state index in [9.17, 15) is 9.90 Å². The van der Waals surface area contributed by atoms with Crippen LogP contribution in [-0.2, 0) is 7.05 Å². The Labute approximate surface area is 145 Å². The first kappa shape index (κ1) is 16.9. The van der Waals surface area contributed by atoms with E-state index in [1.165, 1.54) is 7.11 Å². The molecular weight excluding hydrogens is 328 g/mol. The van der Waals surface area contributed by atoms with Crippen LogP contribution in [-0.4, -0.2) is 70.4 Å². The second kappa shape index (κ2) is 7.33. The fourth-order valence-electron chi connectivity index (χ4n) is 2.88. The van der Waals surface area contributed by atoms with Crippen molar-refractivity contribution in [3.05, 3.63) is 34.2 Å². The largest absolute Gasteiger partial charge is 0.479 e. The van der Waals surface area contributed by atoms with Gasteiger partial charge in [0.1, 0.15) is 11.7 Å². The predicted molar refractivity (Wildman–Crippen MR) is 91.4 cm³/mol. The molecule has 1 fully saturated rings. The highest BCUT2D eigenvalue weighted by Crippen LogP contribution is 2.21. The molecule has 1 N–H and O–H groups in total. The number of ether oxygens (including phenoxy) is 1. The minimum atomic E-state index is -0.467. The van der Waals surface area contributed by atoms with Gasteiger partial charge in [0, 0.05) is 50.8 Å². The molecule has 1 unspecified atom stereocenters. The third-order valence-electron chi connectivity index (χ3n) is 4.18. The van der Waals surface area contributed by atoms with Gasteiger partial charge in [0.2, 0.25) is 5.88 Å². The second-order valence-electron chi connectivity index (χ2n) is 5.85. The lowest BCUT2D eigenvalue weighted by Gasteiger charge is -2.35. The summed E-state index contributed by atoms with van der Waals surface area (Å²) >= 11 is 1.56. The molecule has 3 rings (SSSR count). The number of aromatic nitrogens is 2. The number of aliphatic hydroxyl groups excluding tert-OH is 1. The van der Waals surface area contributed by atoms with Crippen molar-refractivity contribution < 1.29 is 14.6 Å². The Morgan fingerprint density at radius 3 is 2.79 bits per heavy atom. The lowest BCUT2D eigenvalue weighted by molar-refractivity contribution is 0.0530. The average Bonchev–Trinajstić information content (AvgIpc) is 3.24. The van der Waals surface area contributed by atoms with E-state index in [1.54, 1.807) is 29.3 Å². The molecule has 0 aromatic carbocycles. The average molecular weight is 350 g/mol. The Kier molecular flexibility index (Phi) is 5.17. The van der Waals surface area contributed by atoms with Gasteiger partial charge in [-0.3, -0.25) is 14.4 Å². The molecule has 1 aliphatic rings. The van der Waals surface area contributed by atoms with E-state index in [1.807, 2.05) is 22.4 Å². The van der Waals surface area contributed by atoms with Crippen LogP contribution in [0, 0.1) is 0 Å². The molecule has 2 aromatic rings. The molecule has 0 saturated carbocycles. The number of aryl methyl sites for hydroxylation is 1. The molecule has 130 valence electrons. The normalized spacial score (nSPS) is 17.0. The highest BCUT2D eigenvalue weighted by atomic mass is 32.1. The first-order valence-corrected chi connectivity index (χ1v) is 8.77. The number of piperazine rings is 1. The van der Waals surface area contributed by atoms with Crippen molar-refractivity contribution in [2.75, 3.05) is 39.8 Å². The van der Waals surface area contributed by atoms with Crippen molar-refractivity contribution >= 4 is 17.2 Å². The lowest BCUT2D eigenvalue weighted by atomic mass is 10.2. The summed E-state index contributed by atoms with van der Waals surface area (Å²) in [7, 11) is 3.28. The molecule has 24 heavy (non-hydrogen) atoms. The summed E-state index contributed by atoms with van der Waals surface area (Å²) in [6.45, 7) is 3.36. The van der Waals surface area contributed by atoms with E-state index in [0.29, 0.717) is 31.1 Å². The molecule has 2 aromatic heterocycles. The van der Waals surface area contributed by atoms with Crippen molar-refractivity contribution in [2.45, 2.75) is 6.10 Å². The van der Waals surface area contributed by atoms with Gasteiger partial charge in [-0.05, 0) is 11.4 Å². The van der Waals surface area contributed by atoms with Gasteiger partial charge in [0.25, 0.3) is 5.91 Å². The summed E-state index contributed by atoms with van der Waals surface area (Å²) in [5, 5.41) is 16.3. The Hall–Kier alpha value is -1.90. The molecular formula is C16H22N4O3S. The molecule has 3 heterocycles. The number of carbonyl (C=O) groups is 1. The quantitative estimate of drug-likeness (QED) is 0.870. The lowest BCUT2D eigenvalue weighted by Crippen LogP contribution is -2.49. The van der Waals surface area contributed by atoms with Gasteiger partial charge in [0.15, 0.2) is 0 Å². The standard InChI is InChI=1S/C16H22N4O3S/c1-18-10-12(15(17-18)23-2)16(22)20-7-5-19(6-8-20)11-13(21)14-4-3-9-24-14/h3-4,9-10,13,21H,5-8,11H2,1-2H3. The van der Waals surface area contributed by atoms with Gasteiger partial charge in [-0.15, -0.1) is 16.4 Å². The smallest absolute Gasteiger partial charge is 0.261 e. The Balaban J connectivity index is 1.55. The summed E-state index contributed by atoms with van der Waals surface area (Å²) in [6.07, 6.45) is 1.22. The summed E-state index contributed by atoms with van der Waals surface area (Å²) in [6, 6.07) is 3.89. The van der Waals surface area contributed by atoms with Gasteiger partial charge < -0.3 is 14.7 Å². The number of nitrogens with zero attached hydrogens (tertiary/aromatic N) is 4. The van der Waals surface area contributed by atoms with Gasteiger partial charge >= 0.3 is 0 Å². The minimum Gasteiger partial charge on any atom is -0.479 e. The van der Waals surface area contributed by atoms with Gasteiger partial charge in [-0.25, -0.2) is 0 Å². The van der Waals surface area contributed by atoms with Crippen LogP contribution in [0.25, 0.3) is 0 Å². The SMILES string of the molecule is COc1nn(C)cc1C(=O)N1CCN(CC(O)c2cccs2)CC1. The van der Waals surface area contributed by atoms with E-state index < -0.39 is 6.10 Å². The topological polar surface area (TPSA) is 70.8 Å². The van der Waals surface area contributed by atoms with Crippen molar-refractivity contribution in [3.8, 4) is 5.88 Å². The number of aliphatic hydroxyl groups is 1. The summed E-state index contributed by atoms with van der Waals surface area (Å²) in [4.78, 5) is 17.6. The van der Waals surface area contributed by atoms with Crippen LogP contribution in [0.5, 0.6) is 5.88 Å². The van der Waals surface area contributed by atoms with Crippen LogP contribution in [0.1, 0.15) is 21.3 Å². The first-order valence-electron chi connectivity index (χ1n) is 7.89. The highest BCUT2D eigenvalue weighted by molar-refractivity contribution is 7.10. The van der Waals surface area contributed by atoms with E-state index in [4.69, 9.17) is 4.74 Å². The van der Waals surface area contributed by atoms with Crippen molar-refractivity contribution in [3.63, 3.8) is 0 Å². The maximum absolute atomic E-state index is 12.6. The van der Waals surface area contributed by atoms with Crippen molar-refractivity contribution in [1.29, 1.82) is 0 Å². The Bertz CT molecular complexity index is 678. The number of thiophene rings is 1. The Morgan fingerprint density at radius 1 is 1.42 bits per heavy atom. The van der Waals surface area contributed by atoms with E-state index in [-0.39, 0.29) is 5.91 Å². The predicted octanol–water partition coefficient (Wildman–Crippen LogP) is 0.982. The first-order chi connectivity index (χ1) is 11.6. The Morgan fingerprint density at radius 2 is 2.17 bits per heavy atom. The highest BCUT2D eigenvalue weighted by Gasteiger charge is 2.27. The van der Waals surface area contributed by atoms with Crippen LogP contribution in [0.15, 0.2) is 23.7 Å². The molecule has 8 heteroatoms. The van der Waals surface area contributed by atoms with Crippen LogP contribution in [0.3, 0.4) is 0 Å². The molecule has 0 aliphatic carbocycles. The molecule has 1 atom stereocenters. The van der Waals surface area contributed by atoms with Gasteiger partial charge in [0.05, 0.1) is 7.11 Å². The van der Waals surface area contributed by atoms with E-state index in [0.717, 1.165) is 18.0 Å². The maximum atomic E-state index is 12.6. The van der Waals surface area contributed by atoms with Crippen LogP contribution in [0.4, 0.5) is 0 Å². The molecule has 0 spiro atoms. The van der Waals surface area contributed by atoms with Gasteiger partial charge in [-0.2, -0.15) is 0 Å². The summed E-state index contributed by atoms with van der Waals surface area (Å²) in [5.74, 6) is 0.302. The van der Waals surface area contributed by atoms with Crippen LogP contribution in [0.2, 0.25) is 0 Å². The molecule has 0 bridgehead atoms. The van der Waals surface area contributed by atoms with Crippen molar-refractivity contribution in [2.24, 2.45) is 7.05 Å². The number of carbonyl (C=O) groups excluding carboxylic acids is 1. The summed E-state index contributed by atoms with van der Waals surface area (Å²) in [5.41, 5.74) is 0.493. The number of methoxy groups -OCH3 is 1. The van der Waals surface area contributed by atoms with E-state index >= 15 is 0 Å². The fraction of sp³-hybridized carbons (Fsp3) is 0.500. The fourth-order valence-corrected chi connectivity index (χ4v) is 3.59. The number of hydrogen-bond donors (Lipinski definition) is 1. The summed E-state index contributed by atoms with van der Waals surface area (Å²) < 4.78 is 6.75. The number of amides is 1. The number of hydrogen-bond acceptors (Lipinski definition) is 6. The minimum absolute atomic E-state index is 0.0570. The molecule has 1 aliphatic heterocycles. The van der Waals surface area contributed by atoms with Crippen LogP contribution < -0.4 is 4.74 Å². The molecule has 7 nitrogen and oxygen atoms in total. The monoisotopic (exact) mass is 350 g/mol. The number of β-amino-alcohol motifs (C(OH)–C–C–N with tert-alkyl or cyclic N) is 1. The zero-order chi connectivity index (χ0) is 17.1. The van der Waals surface area contributed by atoms with Gasteiger partial charge in [-0.1, -0.05) is 6.07 Å². The zero-order valence-electron chi connectivity index (χ0n) is 13.9. The zero-order valence-corrected chi connectivity index (χ0v) is 14.7. The van der Waals surface area contributed by atoms with Crippen molar-refractivity contribution in [1.82, 2.24) is 19.6 Å². The van der Waals surface area contributed by atoms with E-state index in [2.05, 4.69) is 10.00 Å². The molecule has 1 amide bonds.